The summed E-state index contributed by atoms with van der Waals surface area (Å²) in [5.41, 5.74) is 13.9. The average molecular weight is 695 g/mol. The summed E-state index contributed by atoms with van der Waals surface area (Å²) in [6.45, 7) is 6.84. The van der Waals surface area contributed by atoms with Gasteiger partial charge < -0.3 is 8.98 Å². The predicted octanol–water partition coefficient (Wildman–Crippen LogP) is 12.5. The van der Waals surface area contributed by atoms with Crippen LogP contribution in [0.15, 0.2) is 156 Å². The number of nitrogens with zero attached hydrogens (tertiary/aromatic N) is 4. The highest BCUT2D eigenvalue weighted by Gasteiger charge is 2.36. The lowest BCUT2D eigenvalue weighted by Crippen LogP contribution is -2.15. The van der Waals surface area contributed by atoms with Crippen molar-refractivity contribution in [3.8, 4) is 51.0 Å². The number of para-hydroxylation sites is 2. The summed E-state index contributed by atoms with van der Waals surface area (Å²) in [6, 6.07) is 53.3. The molecule has 0 fully saturated rings. The molecule has 3 aromatic heterocycles. The van der Waals surface area contributed by atoms with Crippen molar-refractivity contribution in [3.05, 3.63) is 168 Å². The van der Waals surface area contributed by atoms with E-state index in [4.69, 9.17) is 19.4 Å². The smallest absolute Gasteiger partial charge is 0.168 e. The fraction of sp³-hybridized carbons (Fsp3) is 0.0816. The number of hydrogen-bond donors (Lipinski definition) is 0. The largest absolute Gasteiger partial charge is 0.455 e. The molecule has 0 spiro atoms. The van der Waals surface area contributed by atoms with Gasteiger partial charge in [-0.3, -0.25) is 0 Å². The van der Waals surface area contributed by atoms with Gasteiger partial charge in [0.05, 0.1) is 27.7 Å². The molecule has 54 heavy (non-hydrogen) atoms. The Labute approximate surface area is 312 Å². The molecular formula is C49H34N4O. The molecule has 0 N–H and O–H groups in total. The Hall–Kier alpha value is -6.85. The van der Waals surface area contributed by atoms with Gasteiger partial charge in [0.2, 0.25) is 0 Å². The van der Waals surface area contributed by atoms with E-state index in [-0.39, 0.29) is 5.41 Å². The first-order chi connectivity index (χ1) is 26.5. The average Bonchev–Trinajstić information content (AvgIpc) is 3.83. The summed E-state index contributed by atoms with van der Waals surface area (Å²) in [5, 5.41) is 4.53. The second kappa shape index (κ2) is 11.3. The van der Waals surface area contributed by atoms with Crippen LogP contribution in [0, 0.1) is 6.92 Å². The lowest BCUT2D eigenvalue weighted by atomic mass is 9.82. The Morgan fingerprint density at radius 3 is 1.87 bits per heavy atom. The van der Waals surface area contributed by atoms with Crippen LogP contribution in [-0.4, -0.2) is 19.5 Å². The minimum atomic E-state index is -0.134. The molecule has 0 atom stereocenters. The van der Waals surface area contributed by atoms with Gasteiger partial charge in [0.1, 0.15) is 11.2 Å². The first-order valence-corrected chi connectivity index (χ1v) is 18.5. The summed E-state index contributed by atoms with van der Waals surface area (Å²) in [6.07, 6.45) is 0. The molecular weight excluding hydrogens is 661 g/mol. The van der Waals surface area contributed by atoms with Crippen LogP contribution >= 0.6 is 0 Å². The second-order valence-electron chi connectivity index (χ2n) is 14.9. The summed E-state index contributed by atoms with van der Waals surface area (Å²) in [7, 11) is 0. The van der Waals surface area contributed by atoms with Crippen LogP contribution in [0.3, 0.4) is 0 Å². The van der Waals surface area contributed by atoms with Gasteiger partial charge in [0.15, 0.2) is 17.5 Å². The van der Waals surface area contributed by atoms with Gasteiger partial charge in [-0.2, -0.15) is 0 Å². The first-order valence-electron chi connectivity index (χ1n) is 18.5. The minimum Gasteiger partial charge on any atom is -0.455 e. The standard InChI is InChI=1S/C49H34N4O/c1-29-26-41(53-39-24-14-11-21-33(39)36-27-35-32-20-10-13-23-37(32)49(2,3)38(35)28-40(36)53)44-34-22-12-15-25-42(34)54-45(44)43(29)48-51-46(30-16-6-4-7-17-30)50-47(52-48)31-18-8-5-9-19-31/h4-28H,1-3H3. The van der Waals surface area contributed by atoms with Crippen LogP contribution in [0.2, 0.25) is 0 Å². The Morgan fingerprint density at radius 2 is 1.13 bits per heavy atom. The van der Waals surface area contributed by atoms with Gasteiger partial charge in [-0.25, -0.2) is 15.0 Å². The Kier molecular flexibility index (Phi) is 6.45. The zero-order valence-electron chi connectivity index (χ0n) is 30.1. The number of furan rings is 1. The molecule has 1 aliphatic carbocycles. The van der Waals surface area contributed by atoms with Crippen LogP contribution in [-0.2, 0) is 5.41 Å². The number of rotatable bonds is 4. The fourth-order valence-electron chi connectivity index (χ4n) is 8.80. The fourth-order valence-corrected chi connectivity index (χ4v) is 8.80. The van der Waals surface area contributed by atoms with Gasteiger partial charge in [0, 0.05) is 32.7 Å². The number of benzene rings is 7. The zero-order chi connectivity index (χ0) is 36.1. The van der Waals surface area contributed by atoms with Gasteiger partial charge >= 0.3 is 0 Å². The molecule has 0 aliphatic heterocycles. The second-order valence-corrected chi connectivity index (χ2v) is 14.9. The molecule has 1 aliphatic rings. The maximum Gasteiger partial charge on any atom is 0.168 e. The summed E-state index contributed by atoms with van der Waals surface area (Å²) in [5.74, 6) is 1.81. The van der Waals surface area contributed by atoms with Crippen molar-refractivity contribution in [2.45, 2.75) is 26.2 Å². The summed E-state index contributed by atoms with van der Waals surface area (Å²) in [4.78, 5) is 15.3. The van der Waals surface area contributed by atoms with Gasteiger partial charge in [-0.1, -0.05) is 135 Å². The highest BCUT2D eigenvalue weighted by atomic mass is 16.3. The van der Waals surface area contributed by atoms with Crippen molar-refractivity contribution >= 4 is 43.7 Å². The van der Waals surface area contributed by atoms with E-state index in [0.29, 0.717) is 17.5 Å². The van der Waals surface area contributed by atoms with Crippen molar-refractivity contribution in [1.82, 2.24) is 19.5 Å². The van der Waals surface area contributed by atoms with Crippen molar-refractivity contribution < 1.29 is 4.42 Å². The number of hydrogen-bond acceptors (Lipinski definition) is 4. The van der Waals surface area contributed by atoms with Crippen LogP contribution in [0.4, 0.5) is 0 Å². The number of fused-ring (bicyclic) bond motifs is 9. The number of aryl methyl sites for hydroxylation is 1. The molecule has 0 saturated carbocycles. The summed E-state index contributed by atoms with van der Waals surface area (Å²) >= 11 is 0. The third kappa shape index (κ3) is 4.36. The van der Waals surface area contributed by atoms with E-state index < -0.39 is 0 Å². The van der Waals surface area contributed by atoms with Crippen molar-refractivity contribution in [2.24, 2.45) is 0 Å². The van der Waals surface area contributed by atoms with Gasteiger partial charge in [-0.05, 0) is 65.1 Å². The third-order valence-electron chi connectivity index (χ3n) is 11.4. The molecule has 5 nitrogen and oxygen atoms in total. The SMILES string of the molecule is Cc1cc(-n2c3ccccc3c3cc4c(cc32)C(C)(C)c2ccccc2-4)c2c(oc3ccccc32)c1-c1nc(-c2ccccc2)nc(-c2ccccc2)n1. The quantitative estimate of drug-likeness (QED) is 0.184. The topological polar surface area (TPSA) is 56.7 Å². The molecule has 7 aromatic carbocycles. The summed E-state index contributed by atoms with van der Waals surface area (Å²) < 4.78 is 9.36. The highest BCUT2D eigenvalue weighted by molar-refractivity contribution is 6.17. The molecule has 5 heteroatoms. The normalized spacial score (nSPS) is 13.2. The molecule has 0 bridgehead atoms. The predicted molar refractivity (Wildman–Crippen MR) is 220 cm³/mol. The molecule has 0 radical (unpaired) electrons. The van der Waals surface area contributed by atoms with E-state index in [9.17, 15) is 0 Å². The van der Waals surface area contributed by atoms with Crippen molar-refractivity contribution in [1.29, 1.82) is 0 Å². The highest BCUT2D eigenvalue weighted by Crippen LogP contribution is 2.51. The molecule has 10 aromatic rings. The van der Waals surface area contributed by atoms with E-state index in [0.717, 1.165) is 55.4 Å². The van der Waals surface area contributed by atoms with Crippen LogP contribution < -0.4 is 0 Å². The van der Waals surface area contributed by atoms with Crippen LogP contribution in [0.5, 0.6) is 0 Å². The third-order valence-corrected chi connectivity index (χ3v) is 11.4. The van der Waals surface area contributed by atoms with Crippen molar-refractivity contribution in [2.75, 3.05) is 0 Å². The molecule has 256 valence electrons. The monoisotopic (exact) mass is 694 g/mol. The molecule has 11 rings (SSSR count). The first kappa shape index (κ1) is 30.7. The Bertz CT molecular complexity index is 3080. The Balaban J connectivity index is 1.24. The van der Waals surface area contributed by atoms with E-state index in [1.807, 2.05) is 66.7 Å². The van der Waals surface area contributed by atoms with Crippen LogP contribution in [0.1, 0.15) is 30.5 Å². The van der Waals surface area contributed by atoms with Gasteiger partial charge in [-0.15, -0.1) is 0 Å². The van der Waals surface area contributed by atoms with Crippen LogP contribution in [0.25, 0.3) is 94.7 Å². The van der Waals surface area contributed by atoms with E-state index in [1.54, 1.807) is 0 Å². The lowest BCUT2D eigenvalue weighted by Gasteiger charge is -2.22. The Morgan fingerprint density at radius 1 is 0.519 bits per heavy atom. The van der Waals surface area contributed by atoms with E-state index in [2.05, 4.69) is 110 Å². The molecule has 3 heterocycles. The van der Waals surface area contributed by atoms with Gasteiger partial charge in [0.25, 0.3) is 0 Å². The molecule has 0 saturated heterocycles. The maximum atomic E-state index is 6.91. The molecule has 0 amide bonds. The van der Waals surface area contributed by atoms with Crippen molar-refractivity contribution in [3.63, 3.8) is 0 Å². The zero-order valence-corrected chi connectivity index (χ0v) is 30.1. The number of aromatic nitrogens is 4. The maximum absolute atomic E-state index is 6.91. The van der Waals surface area contributed by atoms with E-state index in [1.165, 1.54) is 38.5 Å². The molecule has 0 unspecified atom stereocenters. The minimum absolute atomic E-state index is 0.134. The van der Waals surface area contributed by atoms with E-state index >= 15 is 0 Å². The lowest BCUT2D eigenvalue weighted by molar-refractivity contribution is 0.661.